The second kappa shape index (κ2) is 10.7. The molecule has 2 heterocycles. The van der Waals surface area contributed by atoms with Crippen molar-refractivity contribution in [3.8, 4) is 5.75 Å². The first-order valence-corrected chi connectivity index (χ1v) is 12.6. The van der Waals surface area contributed by atoms with Crippen LogP contribution in [0.1, 0.15) is 51.3 Å². The molecule has 36 heavy (non-hydrogen) atoms. The Kier molecular flexibility index (Phi) is 7.68. The Bertz CT molecular complexity index is 1210. The zero-order valence-corrected chi connectivity index (χ0v) is 20.9. The van der Waals surface area contributed by atoms with E-state index >= 15 is 0 Å². The van der Waals surface area contributed by atoms with Crippen molar-refractivity contribution in [3.63, 3.8) is 0 Å². The van der Waals surface area contributed by atoms with E-state index in [1.54, 1.807) is 23.3 Å². The van der Waals surface area contributed by atoms with Gasteiger partial charge in [-0.25, -0.2) is 0 Å². The molecule has 9 heteroatoms. The minimum absolute atomic E-state index is 0.120. The van der Waals surface area contributed by atoms with Crippen LogP contribution in [0, 0.1) is 0 Å². The standard InChI is InChI=1S/C27H27F3N2O3S/c1-3-14-31(26(34)19-4-8-20(9-5-19)27(28,29)30)17-24(33)32-15-12-23-22(13-16-36-23)25(32)18-6-10-21(35-2)11-7-18/h4-11,13,16,25H,3,12,14-15,17H2,1-2H3. The second-order valence-electron chi connectivity index (χ2n) is 8.61. The Morgan fingerprint density at radius 1 is 1.08 bits per heavy atom. The molecule has 5 nitrogen and oxygen atoms in total. The molecule has 1 aliphatic rings. The van der Waals surface area contributed by atoms with Crippen molar-refractivity contribution in [2.75, 3.05) is 26.7 Å². The fraction of sp³-hybridized carbons (Fsp3) is 0.333. The van der Waals surface area contributed by atoms with E-state index in [0.29, 0.717) is 25.3 Å². The molecule has 0 N–H and O–H groups in total. The number of alkyl halides is 3. The molecule has 4 rings (SSSR count). The van der Waals surface area contributed by atoms with Crippen LogP contribution in [-0.4, -0.2) is 48.4 Å². The van der Waals surface area contributed by atoms with Gasteiger partial charge in [0.1, 0.15) is 12.3 Å². The minimum Gasteiger partial charge on any atom is -0.497 e. The molecule has 1 aromatic heterocycles. The van der Waals surface area contributed by atoms with Gasteiger partial charge in [0.15, 0.2) is 0 Å². The first-order valence-electron chi connectivity index (χ1n) is 11.7. The third kappa shape index (κ3) is 5.41. The summed E-state index contributed by atoms with van der Waals surface area (Å²) < 4.78 is 44.1. The van der Waals surface area contributed by atoms with Gasteiger partial charge in [-0.15, -0.1) is 11.3 Å². The molecule has 0 saturated carbocycles. The lowest BCUT2D eigenvalue weighted by atomic mass is 9.93. The molecule has 1 atom stereocenters. The molecular weight excluding hydrogens is 489 g/mol. The lowest BCUT2D eigenvalue weighted by Crippen LogP contribution is -2.47. The molecule has 1 unspecified atom stereocenters. The van der Waals surface area contributed by atoms with E-state index in [1.807, 2.05) is 42.6 Å². The molecule has 2 amide bonds. The molecule has 1 aliphatic heterocycles. The summed E-state index contributed by atoms with van der Waals surface area (Å²) in [6.45, 7) is 2.56. The summed E-state index contributed by atoms with van der Waals surface area (Å²) in [7, 11) is 1.60. The van der Waals surface area contributed by atoms with Gasteiger partial charge in [0.2, 0.25) is 5.91 Å². The van der Waals surface area contributed by atoms with E-state index in [0.717, 1.165) is 41.8 Å². The highest BCUT2D eigenvalue weighted by Gasteiger charge is 2.34. The van der Waals surface area contributed by atoms with Crippen LogP contribution in [0.25, 0.3) is 0 Å². The third-order valence-corrected chi connectivity index (χ3v) is 7.28. The zero-order chi connectivity index (χ0) is 25.9. The van der Waals surface area contributed by atoms with E-state index in [9.17, 15) is 22.8 Å². The average molecular weight is 517 g/mol. The Labute approximate surface area is 212 Å². The number of methoxy groups -OCH3 is 1. The van der Waals surface area contributed by atoms with E-state index < -0.39 is 17.6 Å². The molecule has 0 radical (unpaired) electrons. The maximum Gasteiger partial charge on any atom is 0.416 e. The fourth-order valence-electron chi connectivity index (χ4n) is 4.49. The molecule has 0 fully saturated rings. The van der Waals surface area contributed by atoms with Gasteiger partial charge in [0, 0.05) is 23.5 Å². The van der Waals surface area contributed by atoms with Crippen LogP contribution in [0.5, 0.6) is 5.75 Å². The van der Waals surface area contributed by atoms with Crippen molar-refractivity contribution in [3.05, 3.63) is 87.1 Å². The molecule has 0 aliphatic carbocycles. The van der Waals surface area contributed by atoms with Gasteiger partial charge < -0.3 is 14.5 Å². The van der Waals surface area contributed by atoms with Crippen LogP contribution < -0.4 is 4.74 Å². The van der Waals surface area contributed by atoms with Crippen molar-refractivity contribution in [2.24, 2.45) is 0 Å². The summed E-state index contributed by atoms with van der Waals surface area (Å²) >= 11 is 1.66. The fourth-order valence-corrected chi connectivity index (χ4v) is 5.40. The van der Waals surface area contributed by atoms with Crippen molar-refractivity contribution < 1.29 is 27.5 Å². The van der Waals surface area contributed by atoms with Gasteiger partial charge in [-0.3, -0.25) is 9.59 Å². The largest absolute Gasteiger partial charge is 0.497 e. The number of ether oxygens (including phenoxy) is 1. The molecule has 0 bridgehead atoms. The highest BCUT2D eigenvalue weighted by Crippen LogP contribution is 2.38. The number of fused-ring (bicyclic) bond motifs is 1. The number of halogens is 3. The second-order valence-corrected chi connectivity index (χ2v) is 9.61. The smallest absolute Gasteiger partial charge is 0.416 e. The normalized spacial score (nSPS) is 15.4. The topological polar surface area (TPSA) is 49.9 Å². The number of amides is 2. The number of carbonyl (C=O) groups excluding carboxylic acids is 2. The highest BCUT2D eigenvalue weighted by atomic mass is 32.1. The number of thiophene rings is 1. The number of nitrogens with zero attached hydrogens (tertiary/aromatic N) is 2. The molecule has 3 aromatic rings. The summed E-state index contributed by atoms with van der Waals surface area (Å²) in [4.78, 5) is 31.2. The summed E-state index contributed by atoms with van der Waals surface area (Å²) in [6, 6.07) is 13.4. The van der Waals surface area contributed by atoms with Crippen LogP contribution in [0.3, 0.4) is 0 Å². The van der Waals surface area contributed by atoms with E-state index in [1.165, 1.54) is 9.78 Å². The van der Waals surface area contributed by atoms with Gasteiger partial charge in [-0.05, 0) is 71.8 Å². The van der Waals surface area contributed by atoms with Crippen molar-refractivity contribution in [1.82, 2.24) is 9.80 Å². The summed E-state index contributed by atoms with van der Waals surface area (Å²) in [5.74, 6) is 0.0452. The minimum atomic E-state index is -4.48. The SMILES string of the molecule is CCCN(CC(=O)N1CCc2sccc2C1c1ccc(OC)cc1)C(=O)c1ccc(C(F)(F)F)cc1. The van der Waals surface area contributed by atoms with Crippen LogP contribution in [0.15, 0.2) is 60.0 Å². The van der Waals surface area contributed by atoms with Crippen LogP contribution in [-0.2, 0) is 17.4 Å². The summed E-state index contributed by atoms with van der Waals surface area (Å²) in [5, 5.41) is 2.02. The van der Waals surface area contributed by atoms with Crippen molar-refractivity contribution in [2.45, 2.75) is 32.0 Å². The molecule has 0 saturated heterocycles. The Morgan fingerprint density at radius 3 is 2.39 bits per heavy atom. The first kappa shape index (κ1) is 25.8. The molecule has 190 valence electrons. The average Bonchev–Trinajstić information content (AvgIpc) is 3.36. The lowest BCUT2D eigenvalue weighted by molar-refractivity contribution is -0.137. The van der Waals surface area contributed by atoms with Gasteiger partial charge >= 0.3 is 6.18 Å². The lowest BCUT2D eigenvalue weighted by Gasteiger charge is -2.37. The molecule has 2 aromatic carbocycles. The van der Waals surface area contributed by atoms with E-state index in [4.69, 9.17) is 4.74 Å². The van der Waals surface area contributed by atoms with Gasteiger partial charge in [-0.2, -0.15) is 13.2 Å². The van der Waals surface area contributed by atoms with Crippen LogP contribution >= 0.6 is 11.3 Å². The van der Waals surface area contributed by atoms with Gasteiger partial charge in [-0.1, -0.05) is 19.1 Å². The summed E-state index contributed by atoms with van der Waals surface area (Å²) in [6.07, 6.45) is -3.14. The first-order chi connectivity index (χ1) is 17.2. The maximum absolute atomic E-state index is 13.6. The quantitative estimate of drug-likeness (QED) is 0.399. The van der Waals surface area contributed by atoms with Gasteiger partial charge in [0.05, 0.1) is 18.7 Å². The molecule has 0 spiro atoms. The zero-order valence-electron chi connectivity index (χ0n) is 20.0. The number of benzene rings is 2. The highest BCUT2D eigenvalue weighted by molar-refractivity contribution is 7.10. The predicted octanol–water partition coefficient (Wildman–Crippen LogP) is 5.80. The maximum atomic E-state index is 13.6. The predicted molar refractivity (Wildman–Crippen MR) is 132 cm³/mol. The van der Waals surface area contributed by atoms with Gasteiger partial charge in [0.25, 0.3) is 5.91 Å². The number of carbonyl (C=O) groups is 2. The number of hydrogen-bond donors (Lipinski definition) is 0. The van der Waals surface area contributed by atoms with Crippen molar-refractivity contribution in [1.29, 1.82) is 0 Å². The Hall–Kier alpha value is -3.33. The third-order valence-electron chi connectivity index (χ3n) is 6.28. The summed E-state index contributed by atoms with van der Waals surface area (Å²) in [5.41, 5.74) is 1.31. The Balaban J connectivity index is 1.58. The Morgan fingerprint density at radius 2 is 1.78 bits per heavy atom. The van der Waals surface area contributed by atoms with E-state index in [2.05, 4.69) is 0 Å². The number of hydrogen-bond acceptors (Lipinski definition) is 4. The van der Waals surface area contributed by atoms with E-state index in [-0.39, 0.29) is 24.1 Å². The molecular formula is C27H27F3N2O3S. The number of rotatable bonds is 7. The monoisotopic (exact) mass is 516 g/mol. The van der Waals surface area contributed by atoms with Crippen LogP contribution in [0.4, 0.5) is 13.2 Å². The van der Waals surface area contributed by atoms with Crippen molar-refractivity contribution >= 4 is 23.2 Å². The van der Waals surface area contributed by atoms with Crippen LogP contribution in [0.2, 0.25) is 0 Å².